The Bertz CT molecular complexity index is 2620. The second-order valence-corrected chi connectivity index (χ2v) is 11.7. The first-order valence-corrected chi connectivity index (χ1v) is 15.1. The maximum atomic E-state index is 5.00. The van der Waals surface area contributed by atoms with Crippen LogP contribution in [0.25, 0.3) is 87.6 Å². The van der Waals surface area contributed by atoms with Crippen LogP contribution in [0.3, 0.4) is 0 Å². The fourth-order valence-electron chi connectivity index (χ4n) is 6.59. The van der Waals surface area contributed by atoms with Crippen LogP contribution in [-0.2, 0) is 0 Å². The van der Waals surface area contributed by atoms with Gasteiger partial charge in [0.05, 0.1) is 22.7 Å². The zero-order valence-corrected chi connectivity index (χ0v) is 24.6. The highest BCUT2D eigenvalue weighted by Crippen LogP contribution is 2.41. The third kappa shape index (κ3) is 4.30. The van der Waals surface area contributed by atoms with Crippen molar-refractivity contribution in [3.63, 3.8) is 0 Å². The van der Waals surface area contributed by atoms with Gasteiger partial charge < -0.3 is 0 Å². The number of aryl methyl sites for hydroxylation is 1. The molecule has 0 amide bonds. The highest BCUT2D eigenvalue weighted by molar-refractivity contribution is 6.08. The van der Waals surface area contributed by atoms with E-state index in [-0.39, 0.29) is 0 Å². The van der Waals surface area contributed by atoms with Gasteiger partial charge in [-0.25, -0.2) is 0 Å². The summed E-state index contributed by atoms with van der Waals surface area (Å²) in [6.07, 6.45) is 3.73. The molecule has 0 bridgehead atoms. The van der Waals surface area contributed by atoms with Crippen molar-refractivity contribution in [2.45, 2.75) is 6.92 Å². The first kappa shape index (κ1) is 25.5. The minimum Gasteiger partial charge on any atom is -0.253 e. The molecule has 0 fully saturated rings. The molecule has 0 unspecified atom stereocenters. The monoisotopic (exact) mass is 574 g/mol. The predicted molar refractivity (Wildman–Crippen MR) is 186 cm³/mol. The van der Waals surface area contributed by atoms with Gasteiger partial charge in [-0.15, -0.1) is 0 Å². The van der Waals surface area contributed by atoms with Gasteiger partial charge in [-0.05, 0) is 98.8 Å². The second kappa shape index (κ2) is 10.0. The Morgan fingerprint density at radius 3 is 2.18 bits per heavy atom. The molecule has 9 aromatic rings. The van der Waals surface area contributed by atoms with E-state index in [1.54, 1.807) is 6.20 Å². The summed E-state index contributed by atoms with van der Waals surface area (Å²) in [4.78, 5) is 9.83. The molecule has 0 radical (unpaired) electrons. The Labute approximate surface area is 259 Å². The topological polar surface area (TPSA) is 51.6 Å². The molecule has 6 aromatic carbocycles. The fraction of sp³-hybridized carbons (Fsp3) is 0.0244. The zero-order chi connectivity index (χ0) is 29.9. The average molecular weight is 575 g/mol. The standard InChI is InChI=1S/C41H26N4/c1-25-9-10-27-12-14-33-20-34(24-42-40(33)41(27)44-25)35-16-15-30(31-13-11-26-17-18-43-45-39(26)23-31)22-38(35)36-8-4-7-32-19-28-5-2-3-6-29(28)21-37(32)36/h2-24H,1H3. The highest BCUT2D eigenvalue weighted by Gasteiger charge is 2.15. The molecular weight excluding hydrogens is 548 g/mol. The highest BCUT2D eigenvalue weighted by atomic mass is 15.1. The summed E-state index contributed by atoms with van der Waals surface area (Å²) in [6, 6.07) is 45.6. The Hall–Kier alpha value is -6.00. The Kier molecular flexibility index (Phi) is 5.69. The number of benzene rings is 6. The summed E-state index contributed by atoms with van der Waals surface area (Å²) in [5.41, 5.74) is 10.5. The molecular formula is C41H26N4. The van der Waals surface area contributed by atoms with Crippen molar-refractivity contribution in [1.29, 1.82) is 0 Å². The summed E-state index contributed by atoms with van der Waals surface area (Å²) in [6.45, 7) is 2.02. The first-order chi connectivity index (χ1) is 22.2. The number of hydrogen-bond donors (Lipinski definition) is 0. The van der Waals surface area contributed by atoms with E-state index in [0.717, 1.165) is 66.2 Å². The van der Waals surface area contributed by atoms with Crippen LogP contribution < -0.4 is 0 Å². The van der Waals surface area contributed by atoms with Crippen LogP contribution in [0.4, 0.5) is 0 Å². The van der Waals surface area contributed by atoms with Gasteiger partial charge in [0, 0.05) is 33.6 Å². The van der Waals surface area contributed by atoms with Gasteiger partial charge in [-0.3, -0.25) is 9.97 Å². The molecule has 3 heterocycles. The molecule has 4 nitrogen and oxygen atoms in total. The van der Waals surface area contributed by atoms with Gasteiger partial charge in [-0.1, -0.05) is 84.9 Å². The van der Waals surface area contributed by atoms with Gasteiger partial charge in [-0.2, -0.15) is 10.2 Å². The summed E-state index contributed by atoms with van der Waals surface area (Å²) in [5, 5.41) is 16.6. The molecule has 3 aromatic heterocycles. The number of aromatic nitrogens is 4. The number of nitrogens with zero attached hydrogens (tertiary/aromatic N) is 4. The summed E-state index contributed by atoms with van der Waals surface area (Å²) in [7, 11) is 0. The van der Waals surface area contributed by atoms with Crippen LogP contribution in [0.15, 0.2) is 140 Å². The van der Waals surface area contributed by atoms with Crippen LogP contribution in [0.5, 0.6) is 0 Å². The van der Waals surface area contributed by atoms with E-state index in [1.165, 1.54) is 27.1 Å². The van der Waals surface area contributed by atoms with E-state index in [1.807, 2.05) is 25.3 Å². The number of pyridine rings is 2. The van der Waals surface area contributed by atoms with Crippen molar-refractivity contribution in [3.05, 3.63) is 145 Å². The minimum atomic E-state index is 0.882. The maximum Gasteiger partial charge on any atom is 0.0967 e. The molecule has 4 heteroatoms. The van der Waals surface area contributed by atoms with Crippen LogP contribution in [-0.4, -0.2) is 20.2 Å². The van der Waals surface area contributed by atoms with Crippen LogP contribution in [0, 0.1) is 6.92 Å². The van der Waals surface area contributed by atoms with Crippen LogP contribution in [0.2, 0.25) is 0 Å². The maximum absolute atomic E-state index is 5.00. The third-order valence-electron chi connectivity index (χ3n) is 8.87. The molecule has 0 aliphatic heterocycles. The quantitative estimate of drug-likeness (QED) is 0.156. The Morgan fingerprint density at radius 2 is 1.24 bits per heavy atom. The number of hydrogen-bond acceptors (Lipinski definition) is 4. The molecule has 9 rings (SSSR count). The zero-order valence-electron chi connectivity index (χ0n) is 24.6. The lowest BCUT2D eigenvalue weighted by atomic mass is 9.88. The van der Waals surface area contributed by atoms with E-state index in [2.05, 4.69) is 125 Å². The molecule has 0 N–H and O–H groups in total. The van der Waals surface area contributed by atoms with Crippen LogP contribution >= 0.6 is 0 Å². The molecule has 0 saturated carbocycles. The van der Waals surface area contributed by atoms with E-state index < -0.39 is 0 Å². The SMILES string of the molecule is Cc1ccc2ccc3cc(-c4ccc(-c5ccc6ccnnc6c5)cc4-c4cccc5cc6ccccc6cc45)cnc3c2n1. The van der Waals surface area contributed by atoms with Crippen molar-refractivity contribution in [3.8, 4) is 33.4 Å². The van der Waals surface area contributed by atoms with E-state index in [0.29, 0.717) is 0 Å². The molecule has 45 heavy (non-hydrogen) atoms. The Morgan fingerprint density at radius 1 is 0.467 bits per heavy atom. The van der Waals surface area contributed by atoms with E-state index in [4.69, 9.17) is 9.97 Å². The third-order valence-corrected chi connectivity index (χ3v) is 8.87. The normalized spacial score (nSPS) is 11.7. The summed E-state index contributed by atoms with van der Waals surface area (Å²) >= 11 is 0. The number of fused-ring (bicyclic) bond motifs is 6. The lowest BCUT2D eigenvalue weighted by molar-refractivity contribution is 1.08. The fourth-order valence-corrected chi connectivity index (χ4v) is 6.59. The molecule has 0 atom stereocenters. The van der Waals surface area contributed by atoms with Crippen molar-refractivity contribution in [2.24, 2.45) is 0 Å². The van der Waals surface area contributed by atoms with Gasteiger partial charge in [0.1, 0.15) is 0 Å². The van der Waals surface area contributed by atoms with Crippen molar-refractivity contribution >= 4 is 54.3 Å². The largest absolute Gasteiger partial charge is 0.253 e. The van der Waals surface area contributed by atoms with Gasteiger partial charge in [0.25, 0.3) is 0 Å². The van der Waals surface area contributed by atoms with E-state index in [9.17, 15) is 0 Å². The predicted octanol–water partition coefficient (Wildman–Crippen LogP) is 10.3. The summed E-state index contributed by atoms with van der Waals surface area (Å²) < 4.78 is 0. The van der Waals surface area contributed by atoms with Crippen molar-refractivity contribution < 1.29 is 0 Å². The molecule has 0 spiro atoms. The van der Waals surface area contributed by atoms with E-state index >= 15 is 0 Å². The Balaban J connectivity index is 1.30. The molecule has 0 saturated heterocycles. The summed E-state index contributed by atoms with van der Waals surface area (Å²) in [5.74, 6) is 0. The number of rotatable bonds is 3. The van der Waals surface area contributed by atoms with Gasteiger partial charge >= 0.3 is 0 Å². The van der Waals surface area contributed by atoms with Gasteiger partial charge in [0.2, 0.25) is 0 Å². The van der Waals surface area contributed by atoms with Gasteiger partial charge in [0.15, 0.2) is 0 Å². The molecule has 0 aliphatic carbocycles. The smallest absolute Gasteiger partial charge is 0.0967 e. The minimum absolute atomic E-state index is 0.882. The second-order valence-electron chi connectivity index (χ2n) is 11.7. The molecule has 210 valence electrons. The first-order valence-electron chi connectivity index (χ1n) is 15.1. The lowest BCUT2D eigenvalue weighted by Crippen LogP contribution is -1.92. The van der Waals surface area contributed by atoms with Crippen LogP contribution in [0.1, 0.15) is 5.69 Å². The van der Waals surface area contributed by atoms with Crippen molar-refractivity contribution in [2.75, 3.05) is 0 Å². The lowest BCUT2D eigenvalue weighted by Gasteiger charge is -2.16. The average Bonchev–Trinajstić information content (AvgIpc) is 3.09. The van der Waals surface area contributed by atoms with Crippen molar-refractivity contribution in [1.82, 2.24) is 20.2 Å². The molecule has 0 aliphatic rings.